The zero-order valence-corrected chi connectivity index (χ0v) is 17.9. The zero-order valence-electron chi connectivity index (χ0n) is 17.9. The van der Waals surface area contributed by atoms with Crippen molar-refractivity contribution in [1.29, 1.82) is 0 Å². The molecule has 3 heterocycles. The Labute approximate surface area is 190 Å². The first-order valence-corrected chi connectivity index (χ1v) is 10.8. The molecule has 5 aromatic rings. The second-order valence-electron chi connectivity index (χ2n) is 7.60. The number of nitrogens with zero attached hydrogens (tertiary/aromatic N) is 5. The summed E-state index contributed by atoms with van der Waals surface area (Å²) in [5.74, 6) is 1.48. The third-order valence-corrected chi connectivity index (χ3v) is 5.26. The molecule has 1 N–H and O–H groups in total. The van der Waals surface area contributed by atoms with Crippen molar-refractivity contribution in [2.45, 2.75) is 19.3 Å². The number of aromatic nitrogens is 5. The fraction of sp³-hybridized carbons (Fsp3) is 0.160. The van der Waals surface area contributed by atoms with Crippen LogP contribution in [0.5, 0.6) is 0 Å². The molecule has 0 aliphatic carbocycles. The third-order valence-electron chi connectivity index (χ3n) is 5.26. The first kappa shape index (κ1) is 20.6. The number of nitrogens with one attached hydrogen (secondary N) is 1. The van der Waals surface area contributed by atoms with E-state index in [0.29, 0.717) is 36.9 Å². The monoisotopic (exact) mass is 438 g/mol. The lowest BCUT2D eigenvalue weighted by Crippen LogP contribution is -2.26. The van der Waals surface area contributed by atoms with E-state index in [2.05, 4.69) is 37.6 Å². The highest BCUT2D eigenvalue weighted by Crippen LogP contribution is 2.24. The van der Waals surface area contributed by atoms with Crippen molar-refractivity contribution in [2.75, 3.05) is 6.54 Å². The Morgan fingerprint density at radius 1 is 0.909 bits per heavy atom. The summed E-state index contributed by atoms with van der Waals surface area (Å²) in [5, 5.41) is 11.1. The molecular weight excluding hydrogens is 416 g/mol. The Kier molecular flexibility index (Phi) is 5.88. The average molecular weight is 438 g/mol. The van der Waals surface area contributed by atoms with Crippen LogP contribution in [-0.2, 0) is 17.6 Å². The topological polar surface area (TPSA) is 98.2 Å². The Bertz CT molecular complexity index is 1330. The second-order valence-corrected chi connectivity index (χ2v) is 7.60. The maximum atomic E-state index is 12.2. The SMILES string of the molecule is O=C(CCc1nnc(-c2ccc(-c3ccccc3)cc2)o1)NCCc1cn2cccnc2n1. The maximum absolute atomic E-state index is 12.2. The minimum absolute atomic E-state index is 0.0659. The molecule has 0 radical (unpaired) electrons. The van der Waals surface area contributed by atoms with E-state index in [0.717, 1.165) is 22.4 Å². The van der Waals surface area contributed by atoms with Crippen molar-refractivity contribution in [3.63, 3.8) is 0 Å². The predicted octanol–water partition coefficient (Wildman–Crippen LogP) is 3.74. The highest BCUT2D eigenvalue weighted by Gasteiger charge is 2.11. The van der Waals surface area contributed by atoms with Crippen LogP contribution in [0.25, 0.3) is 28.4 Å². The molecule has 2 aromatic carbocycles. The van der Waals surface area contributed by atoms with Crippen molar-refractivity contribution in [1.82, 2.24) is 29.9 Å². The molecule has 0 bridgehead atoms. The summed E-state index contributed by atoms with van der Waals surface area (Å²) in [6, 6.07) is 20.0. The van der Waals surface area contributed by atoms with Crippen molar-refractivity contribution in [2.24, 2.45) is 0 Å². The van der Waals surface area contributed by atoms with Crippen molar-refractivity contribution in [3.05, 3.63) is 90.8 Å². The fourth-order valence-electron chi connectivity index (χ4n) is 3.55. The quantitative estimate of drug-likeness (QED) is 0.396. The summed E-state index contributed by atoms with van der Waals surface area (Å²) >= 11 is 0. The summed E-state index contributed by atoms with van der Waals surface area (Å²) in [5.41, 5.74) is 4.00. The van der Waals surface area contributed by atoms with Gasteiger partial charge >= 0.3 is 0 Å². The highest BCUT2D eigenvalue weighted by atomic mass is 16.4. The molecule has 5 rings (SSSR count). The van der Waals surface area contributed by atoms with Gasteiger partial charge in [0.05, 0.1) is 5.69 Å². The molecule has 3 aromatic heterocycles. The van der Waals surface area contributed by atoms with Crippen molar-refractivity contribution < 1.29 is 9.21 Å². The number of carbonyl (C=O) groups is 1. The molecule has 8 nitrogen and oxygen atoms in total. The van der Waals surface area contributed by atoms with Gasteiger partial charge in [-0.15, -0.1) is 10.2 Å². The lowest BCUT2D eigenvalue weighted by molar-refractivity contribution is -0.121. The molecule has 0 aliphatic heterocycles. The summed E-state index contributed by atoms with van der Waals surface area (Å²) in [4.78, 5) is 20.8. The number of benzene rings is 2. The maximum Gasteiger partial charge on any atom is 0.247 e. The Morgan fingerprint density at radius 2 is 1.70 bits per heavy atom. The minimum atomic E-state index is -0.0659. The van der Waals surface area contributed by atoms with Crippen LogP contribution in [0.2, 0.25) is 0 Å². The number of rotatable bonds is 8. The minimum Gasteiger partial charge on any atom is -0.421 e. The van der Waals surface area contributed by atoms with Crippen LogP contribution < -0.4 is 5.32 Å². The van der Waals surface area contributed by atoms with E-state index in [1.54, 1.807) is 6.20 Å². The number of imidazole rings is 1. The van der Waals surface area contributed by atoms with Gasteiger partial charge in [-0.05, 0) is 29.3 Å². The molecule has 33 heavy (non-hydrogen) atoms. The highest BCUT2D eigenvalue weighted by molar-refractivity contribution is 5.76. The molecule has 164 valence electrons. The Balaban J connectivity index is 1.10. The fourth-order valence-corrected chi connectivity index (χ4v) is 3.55. The number of hydrogen-bond donors (Lipinski definition) is 1. The van der Waals surface area contributed by atoms with E-state index < -0.39 is 0 Å². The molecule has 0 saturated heterocycles. The second kappa shape index (κ2) is 9.44. The molecule has 8 heteroatoms. The van der Waals surface area contributed by atoms with Crippen LogP contribution in [0.4, 0.5) is 0 Å². The number of hydrogen-bond acceptors (Lipinski definition) is 6. The van der Waals surface area contributed by atoms with E-state index >= 15 is 0 Å². The van der Waals surface area contributed by atoms with E-state index in [1.165, 1.54) is 0 Å². The van der Waals surface area contributed by atoms with Crippen molar-refractivity contribution >= 4 is 11.7 Å². The smallest absolute Gasteiger partial charge is 0.247 e. The van der Waals surface area contributed by atoms with Gasteiger partial charge in [-0.1, -0.05) is 42.5 Å². The Hall–Kier alpha value is -4.33. The zero-order chi connectivity index (χ0) is 22.5. The molecule has 0 unspecified atom stereocenters. The summed E-state index contributed by atoms with van der Waals surface area (Å²) in [6.07, 6.45) is 6.82. The third kappa shape index (κ3) is 4.95. The number of fused-ring (bicyclic) bond motifs is 1. The Morgan fingerprint density at radius 3 is 2.52 bits per heavy atom. The van der Waals surface area contributed by atoms with Gasteiger partial charge in [-0.3, -0.25) is 9.20 Å². The van der Waals surface area contributed by atoms with Crippen LogP contribution in [0.3, 0.4) is 0 Å². The summed E-state index contributed by atoms with van der Waals surface area (Å²) < 4.78 is 7.61. The number of aryl methyl sites for hydroxylation is 1. The van der Waals surface area contributed by atoms with E-state index in [1.807, 2.05) is 65.3 Å². The molecule has 0 fully saturated rings. The number of amides is 1. The van der Waals surface area contributed by atoms with Gasteiger partial charge in [-0.2, -0.15) is 0 Å². The summed E-state index contributed by atoms with van der Waals surface area (Å²) in [7, 11) is 0. The van der Waals surface area contributed by atoms with Gasteiger partial charge in [0.25, 0.3) is 0 Å². The van der Waals surface area contributed by atoms with Crippen LogP contribution in [-0.4, -0.2) is 37.0 Å². The lowest BCUT2D eigenvalue weighted by atomic mass is 10.0. The molecule has 0 saturated carbocycles. The van der Waals surface area contributed by atoms with Gasteiger partial charge in [0.15, 0.2) is 0 Å². The number of carbonyl (C=O) groups excluding carboxylic acids is 1. The molecule has 0 aliphatic rings. The van der Waals surface area contributed by atoms with Crippen LogP contribution in [0.15, 0.2) is 83.7 Å². The van der Waals surface area contributed by atoms with Gasteiger partial charge < -0.3 is 9.73 Å². The normalized spacial score (nSPS) is 11.0. The van der Waals surface area contributed by atoms with Crippen LogP contribution in [0.1, 0.15) is 18.0 Å². The molecule has 0 spiro atoms. The molecule has 0 atom stereocenters. The lowest BCUT2D eigenvalue weighted by Gasteiger charge is -2.02. The average Bonchev–Trinajstić information content (AvgIpc) is 3.50. The summed E-state index contributed by atoms with van der Waals surface area (Å²) in [6.45, 7) is 0.506. The first-order chi connectivity index (χ1) is 16.2. The van der Waals surface area contributed by atoms with Gasteiger partial charge in [0.1, 0.15) is 0 Å². The van der Waals surface area contributed by atoms with E-state index in [4.69, 9.17) is 4.42 Å². The molecular formula is C25H22N6O2. The molecule has 1 amide bonds. The van der Waals surface area contributed by atoms with Crippen LogP contribution >= 0.6 is 0 Å². The predicted molar refractivity (Wildman–Crippen MR) is 123 cm³/mol. The van der Waals surface area contributed by atoms with E-state index in [-0.39, 0.29) is 12.3 Å². The van der Waals surface area contributed by atoms with Crippen LogP contribution in [0, 0.1) is 0 Å². The van der Waals surface area contributed by atoms with E-state index in [9.17, 15) is 4.79 Å². The standard InChI is InChI=1S/C25H22N6O2/c32-22(26-15-13-21-17-31-16-4-14-27-25(31)28-21)11-12-23-29-30-24(33-23)20-9-7-19(8-10-20)18-5-2-1-3-6-18/h1-10,14,16-17H,11-13,15H2,(H,26,32). The van der Waals surface area contributed by atoms with Crippen molar-refractivity contribution in [3.8, 4) is 22.6 Å². The van der Waals surface area contributed by atoms with Gasteiger partial charge in [0.2, 0.25) is 23.5 Å². The van der Waals surface area contributed by atoms with Gasteiger partial charge in [0, 0.05) is 50.0 Å². The largest absolute Gasteiger partial charge is 0.421 e. The first-order valence-electron chi connectivity index (χ1n) is 10.8. The van der Waals surface area contributed by atoms with Gasteiger partial charge in [-0.25, -0.2) is 9.97 Å².